The molecule has 2 heterocycles. The molecular formula is C12H18N6. The number of rotatable bonds is 4. The summed E-state index contributed by atoms with van der Waals surface area (Å²) < 4.78 is 2.06. The molecule has 0 unspecified atom stereocenters. The van der Waals surface area contributed by atoms with Crippen LogP contribution in [-0.2, 0) is 6.54 Å². The van der Waals surface area contributed by atoms with E-state index in [1.54, 1.807) is 12.3 Å². The zero-order valence-electron chi connectivity index (χ0n) is 10.9. The molecule has 0 aromatic carbocycles. The summed E-state index contributed by atoms with van der Waals surface area (Å²) in [6.07, 6.45) is 3.74. The summed E-state index contributed by atoms with van der Waals surface area (Å²) >= 11 is 0. The van der Waals surface area contributed by atoms with Gasteiger partial charge in [0.15, 0.2) is 5.82 Å². The van der Waals surface area contributed by atoms with Crippen molar-refractivity contribution in [2.45, 2.75) is 33.2 Å². The lowest BCUT2D eigenvalue weighted by Gasteiger charge is -2.10. The number of nitrogen functional groups attached to an aromatic ring is 1. The molecular weight excluding hydrogens is 228 g/mol. The topological polar surface area (TPSA) is 81.6 Å². The first kappa shape index (κ1) is 12.5. The van der Waals surface area contributed by atoms with Crippen LogP contribution >= 0.6 is 0 Å². The van der Waals surface area contributed by atoms with Crippen molar-refractivity contribution >= 4 is 5.82 Å². The molecule has 6 nitrogen and oxygen atoms in total. The van der Waals surface area contributed by atoms with Gasteiger partial charge >= 0.3 is 0 Å². The number of imidazole rings is 1. The molecule has 2 aromatic rings. The molecule has 6 heteroatoms. The Hall–Kier alpha value is -1.95. The average molecular weight is 246 g/mol. The molecule has 18 heavy (non-hydrogen) atoms. The number of hydrazine groups is 1. The summed E-state index contributed by atoms with van der Waals surface area (Å²) in [5.41, 5.74) is 3.44. The minimum atomic E-state index is 0.372. The van der Waals surface area contributed by atoms with Gasteiger partial charge in [-0.15, -0.1) is 0 Å². The number of nitrogens with one attached hydrogen (secondary N) is 1. The summed E-state index contributed by atoms with van der Waals surface area (Å²) in [5.74, 6) is 8.14. The Bertz CT molecular complexity index is 531. The fraction of sp³-hybridized carbons (Fsp3) is 0.417. The second-order valence-corrected chi connectivity index (χ2v) is 4.52. The van der Waals surface area contributed by atoms with Gasteiger partial charge in [0.05, 0.1) is 6.54 Å². The van der Waals surface area contributed by atoms with Crippen molar-refractivity contribution in [2.75, 3.05) is 5.43 Å². The Kier molecular flexibility index (Phi) is 3.57. The minimum absolute atomic E-state index is 0.372. The molecule has 0 saturated heterocycles. The fourth-order valence-corrected chi connectivity index (χ4v) is 1.88. The van der Waals surface area contributed by atoms with Crippen LogP contribution < -0.4 is 11.3 Å². The molecule has 0 fully saturated rings. The summed E-state index contributed by atoms with van der Waals surface area (Å²) in [7, 11) is 0. The van der Waals surface area contributed by atoms with Crippen molar-refractivity contribution in [3.63, 3.8) is 0 Å². The van der Waals surface area contributed by atoms with E-state index in [1.807, 2.05) is 13.1 Å². The van der Waals surface area contributed by atoms with E-state index in [9.17, 15) is 0 Å². The van der Waals surface area contributed by atoms with Gasteiger partial charge in [-0.05, 0) is 6.92 Å². The molecule has 0 amide bonds. The highest BCUT2D eigenvalue weighted by Gasteiger charge is 2.09. The predicted octanol–water partition coefficient (Wildman–Crippen LogP) is 1.44. The number of anilines is 1. The van der Waals surface area contributed by atoms with Gasteiger partial charge in [0.25, 0.3) is 0 Å². The quantitative estimate of drug-likeness (QED) is 0.630. The van der Waals surface area contributed by atoms with Gasteiger partial charge < -0.3 is 9.99 Å². The molecule has 0 atom stereocenters. The van der Waals surface area contributed by atoms with E-state index in [1.165, 1.54) is 0 Å². The number of hydrogen-bond acceptors (Lipinski definition) is 5. The number of nitrogens with zero attached hydrogens (tertiary/aromatic N) is 4. The van der Waals surface area contributed by atoms with E-state index >= 15 is 0 Å². The normalized spacial score (nSPS) is 10.9. The smallest absolute Gasteiger partial charge is 0.150 e. The molecule has 0 aliphatic rings. The lowest BCUT2D eigenvalue weighted by atomic mass is 10.2. The molecule has 0 spiro atoms. The Labute approximate surface area is 106 Å². The molecule has 2 rings (SSSR count). The largest absolute Gasteiger partial charge is 0.327 e. The van der Waals surface area contributed by atoms with Crippen molar-refractivity contribution < 1.29 is 0 Å². The number of aryl methyl sites for hydroxylation is 1. The van der Waals surface area contributed by atoms with Crippen LogP contribution in [0.25, 0.3) is 0 Å². The fourth-order valence-electron chi connectivity index (χ4n) is 1.88. The number of nitrogens with two attached hydrogens (primary N) is 1. The Morgan fingerprint density at radius 2 is 2.17 bits per heavy atom. The molecule has 0 aliphatic carbocycles. The molecule has 0 bridgehead atoms. The molecule has 96 valence electrons. The zero-order valence-corrected chi connectivity index (χ0v) is 10.9. The predicted molar refractivity (Wildman–Crippen MR) is 70.0 cm³/mol. The van der Waals surface area contributed by atoms with E-state index in [2.05, 4.69) is 38.8 Å². The third kappa shape index (κ3) is 2.65. The van der Waals surface area contributed by atoms with Gasteiger partial charge in [-0.3, -0.25) is 0 Å². The van der Waals surface area contributed by atoms with Crippen LogP contribution in [-0.4, -0.2) is 19.5 Å². The van der Waals surface area contributed by atoms with Crippen LogP contribution in [0.2, 0.25) is 0 Å². The number of hydrogen-bond donors (Lipinski definition) is 2. The summed E-state index contributed by atoms with van der Waals surface area (Å²) in [6, 6.07) is 1.81. The average Bonchev–Trinajstić information content (AvgIpc) is 2.76. The van der Waals surface area contributed by atoms with Crippen molar-refractivity contribution in [3.05, 3.63) is 35.8 Å². The van der Waals surface area contributed by atoms with Crippen LogP contribution in [0.5, 0.6) is 0 Å². The number of aromatic nitrogens is 4. The first-order chi connectivity index (χ1) is 8.60. The monoisotopic (exact) mass is 246 g/mol. The maximum Gasteiger partial charge on any atom is 0.150 e. The van der Waals surface area contributed by atoms with Crippen LogP contribution in [0.1, 0.15) is 37.1 Å². The van der Waals surface area contributed by atoms with Gasteiger partial charge in [-0.1, -0.05) is 13.8 Å². The van der Waals surface area contributed by atoms with Crippen LogP contribution in [0.15, 0.2) is 18.5 Å². The third-order valence-corrected chi connectivity index (χ3v) is 2.62. The second kappa shape index (κ2) is 5.14. The lowest BCUT2D eigenvalue weighted by molar-refractivity contribution is 0.648. The highest BCUT2D eigenvalue weighted by molar-refractivity contribution is 5.34. The van der Waals surface area contributed by atoms with Crippen LogP contribution in [0.3, 0.4) is 0 Å². The Morgan fingerprint density at radius 1 is 1.39 bits per heavy atom. The standard InChI is InChI=1S/C12H18N6/c1-8(2)12-14-4-5-18(12)7-11-15-9(3)6-10(16-11)17-13/h4-6,8H,7,13H2,1-3H3,(H,15,16,17). The lowest BCUT2D eigenvalue weighted by Crippen LogP contribution is -2.13. The van der Waals surface area contributed by atoms with E-state index < -0.39 is 0 Å². The maximum atomic E-state index is 5.38. The Morgan fingerprint density at radius 3 is 2.83 bits per heavy atom. The summed E-state index contributed by atoms with van der Waals surface area (Å²) in [4.78, 5) is 13.1. The van der Waals surface area contributed by atoms with Crippen molar-refractivity contribution in [1.29, 1.82) is 0 Å². The molecule has 2 aromatic heterocycles. The molecule has 0 saturated carbocycles. The van der Waals surface area contributed by atoms with E-state index in [4.69, 9.17) is 5.84 Å². The zero-order chi connectivity index (χ0) is 13.1. The maximum absolute atomic E-state index is 5.38. The van der Waals surface area contributed by atoms with Gasteiger partial charge in [0.2, 0.25) is 0 Å². The highest BCUT2D eigenvalue weighted by atomic mass is 15.3. The van der Waals surface area contributed by atoms with Crippen LogP contribution in [0, 0.1) is 6.92 Å². The molecule has 0 radical (unpaired) electrons. The Balaban J connectivity index is 2.28. The molecule has 3 N–H and O–H groups in total. The van der Waals surface area contributed by atoms with Gasteiger partial charge in [0, 0.05) is 30.1 Å². The van der Waals surface area contributed by atoms with Gasteiger partial charge in [0.1, 0.15) is 11.6 Å². The van der Waals surface area contributed by atoms with Crippen molar-refractivity contribution in [3.8, 4) is 0 Å². The van der Waals surface area contributed by atoms with Crippen molar-refractivity contribution in [2.24, 2.45) is 5.84 Å². The van der Waals surface area contributed by atoms with Gasteiger partial charge in [-0.25, -0.2) is 20.8 Å². The second-order valence-electron chi connectivity index (χ2n) is 4.52. The summed E-state index contributed by atoms with van der Waals surface area (Å²) in [6.45, 7) is 6.75. The first-order valence-electron chi connectivity index (χ1n) is 5.92. The SMILES string of the molecule is Cc1cc(NN)nc(Cn2ccnc2C(C)C)n1. The van der Waals surface area contributed by atoms with E-state index in [0.717, 1.165) is 17.3 Å². The summed E-state index contributed by atoms with van der Waals surface area (Å²) in [5, 5.41) is 0. The van der Waals surface area contributed by atoms with E-state index in [-0.39, 0.29) is 0 Å². The minimum Gasteiger partial charge on any atom is -0.327 e. The van der Waals surface area contributed by atoms with Crippen LogP contribution in [0.4, 0.5) is 5.82 Å². The van der Waals surface area contributed by atoms with E-state index in [0.29, 0.717) is 18.3 Å². The first-order valence-corrected chi connectivity index (χ1v) is 5.92. The highest BCUT2D eigenvalue weighted by Crippen LogP contribution is 2.13. The van der Waals surface area contributed by atoms with Gasteiger partial charge in [-0.2, -0.15) is 0 Å². The third-order valence-electron chi connectivity index (χ3n) is 2.62. The molecule has 0 aliphatic heterocycles. The van der Waals surface area contributed by atoms with Crippen molar-refractivity contribution in [1.82, 2.24) is 19.5 Å².